The van der Waals surface area contributed by atoms with Crippen LogP contribution in [0.1, 0.15) is 63.8 Å². The number of hydrogen-bond acceptors (Lipinski definition) is 2. The number of rotatable bonds is 8. The molecular formula is C75H58N2. The summed E-state index contributed by atoms with van der Waals surface area (Å²) in [6, 6.07) is 93.2. The molecule has 14 rings (SSSR count). The third kappa shape index (κ3) is 8.66. The standard InChI is InChI=1S/C75H58N2/c1-51-48-68(77-72-24-12-8-18-58(72)34-35-59-19-9-13-25-73(59)77)46-47-69(51)75(62-38-28-55(29-39-62)66-41-31-53-15-3-5-21-64(53)50-66)74(60-36-26-54(27-37-60)65-40-30-52-14-2-4-20-63(52)49-65)61-42-44-67(45-43-61)76-70-22-10-6-16-56(70)32-33-57-17-7-11-23-71(57)76/h2-10,12-22,24-31,36-50H,11,23,32-35H2,1H3/b75-74-. The molecule has 2 nitrogen and oxygen atoms in total. The van der Waals surface area contributed by atoms with E-state index in [0.29, 0.717) is 0 Å². The topological polar surface area (TPSA) is 6.48 Å². The molecule has 2 heterocycles. The third-order valence-corrected chi connectivity index (χ3v) is 16.4. The van der Waals surface area contributed by atoms with Gasteiger partial charge in [0.2, 0.25) is 0 Å². The Labute approximate surface area is 452 Å². The summed E-state index contributed by atoms with van der Waals surface area (Å²) < 4.78 is 0. The van der Waals surface area contributed by atoms with E-state index in [4.69, 9.17) is 0 Å². The molecule has 0 aromatic heterocycles. The van der Waals surface area contributed by atoms with E-state index in [9.17, 15) is 0 Å². The van der Waals surface area contributed by atoms with Crippen LogP contribution >= 0.6 is 0 Å². The molecule has 0 amide bonds. The van der Waals surface area contributed by atoms with Gasteiger partial charge in [0.05, 0.1) is 0 Å². The molecule has 0 atom stereocenters. The quantitative estimate of drug-likeness (QED) is 0.140. The van der Waals surface area contributed by atoms with Crippen LogP contribution in [0.4, 0.5) is 28.4 Å². The van der Waals surface area contributed by atoms with Crippen LogP contribution in [0.5, 0.6) is 0 Å². The molecule has 2 aliphatic heterocycles. The van der Waals surface area contributed by atoms with Crippen molar-refractivity contribution >= 4 is 61.1 Å². The van der Waals surface area contributed by atoms with Crippen LogP contribution in [0.2, 0.25) is 0 Å². The molecule has 0 fully saturated rings. The normalized spacial score (nSPS) is 14.3. The second kappa shape index (κ2) is 19.8. The minimum atomic E-state index is 1.00. The summed E-state index contributed by atoms with van der Waals surface area (Å²) in [6.45, 7) is 2.31. The van der Waals surface area contributed by atoms with Crippen molar-refractivity contribution in [3.63, 3.8) is 0 Å². The summed E-state index contributed by atoms with van der Waals surface area (Å²) in [7, 11) is 0. The zero-order chi connectivity index (χ0) is 51.2. The monoisotopic (exact) mass is 986 g/mol. The van der Waals surface area contributed by atoms with E-state index in [2.05, 4.69) is 278 Å². The van der Waals surface area contributed by atoms with Crippen LogP contribution in [-0.2, 0) is 19.3 Å². The summed E-state index contributed by atoms with van der Waals surface area (Å²) in [5, 5.41) is 4.99. The smallest absolute Gasteiger partial charge is 0.0493 e. The summed E-state index contributed by atoms with van der Waals surface area (Å²) in [4.78, 5) is 5.05. The van der Waals surface area contributed by atoms with Gasteiger partial charge < -0.3 is 9.80 Å². The molecule has 11 aromatic rings. The number of hydrogen-bond donors (Lipinski definition) is 0. The van der Waals surface area contributed by atoms with Crippen molar-refractivity contribution < 1.29 is 0 Å². The number of anilines is 5. The van der Waals surface area contributed by atoms with E-state index in [-0.39, 0.29) is 0 Å². The number of fused-ring (bicyclic) bond motifs is 5. The first kappa shape index (κ1) is 46.3. The lowest BCUT2D eigenvalue weighted by molar-refractivity contribution is 0.873. The van der Waals surface area contributed by atoms with Crippen LogP contribution in [-0.4, -0.2) is 0 Å². The van der Waals surface area contributed by atoms with Crippen molar-refractivity contribution in [2.45, 2.75) is 45.4 Å². The van der Waals surface area contributed by atoms with Crippen LogP contribution < -0.4 is 9.80 Å². The number of benzene rings is 11. The summed E-state index contributed by atoms with van der Waals surface area (Å²) in [5.41, 5.74) is 26.2. The van der Waals surface area contributed by atoms with Crippen LogP contribution in [0.15, 0.2) is 272 Å². The maximum absolute atomic E-state index is 2.56. The molecule has 77 heavy (non-hydrogen) atoms. The molecule has 0 saturated heterocycles. The molecule has 11 aromatic carbocycles. The predicted molar refractivity (Wildman–Crippen MR) is 326 cm³/mol. The SMILES string of the molecule is Cc1cc(N2c3ccccc3CCc3ccccc32)ccc1/C(=C(/c1ccc(-c2ccc3ccccc3c2)cc1)c1ccc(N2C3=C(C=CCC3)CCc3ccccc32)cc1)c1ccc(-c2ccc3ccccc3c2)cc1. The van der Waals surface area contributed by atoms with E-state index in [1.807, 2.05) is 0 Å². The van der Waals surface area contributed by atoms with Crippen molar-refractivity contribution in [3.8, 4) is 22.3 Å². The Kier molecular flexibility index (Phi) is 11.9. The summed E-state index contributed by atoms with van der Waals surface area (Å²) >= 11 is 0. The first-order valence-electron chi connectivity index (χ1n) is 27.5. The molecule has 368 valence electrons. The van der Waals surface area contributed by atoms with E-state index in [1.165, 1.54) is 128 Å². The van der Waals surface area contributed by atoms with Crippen LogP contribution in [0.3, 0.4) is 0 Å². The van der Waals surface area contributed by atoms with Crippen LogP contribution in [0, 0.1) is 6.92 Å². The maximum atomic E-state index is 2.56. The second-order valence-electron chi connectivity index (χ2n) is 21.0. The van der Waals surface area contributed by atoms with E-state index in [1.54, 1.807) is 0 Å². The van der Waals surface area contributed by atoms with Gasteiger partial charge in [0.15, 0.2) is 0 Å². The molecule has 0 bridgehead atoms. The Bertz CT molecular complexity index is 4100. The van der Waals surface area contributed by atoms with E-state index in [0.717, 1.165) is 49.8 Å². The molecule has 1 aliphatic carbocycles. The van der Waals surface area contributed by atoms with Gasteiger partial charge in [-0.2, -0.15) is 0 Å². The molecule has 3 aliphatic rings. The van der Waals surface area contributed by atoms with E-state index < -0.39 is 0 Å². The largest absolute Gasteiger partial charge is 0.314 e. The van der Waals surface area contributed by atoms with Gasteiger partial charge in [-0.05, 0) is 205 Å². The average Bonchev–Trinajstić information content (AvgIpc) is 3.81. The summed E-state index contributed by atoms with van der Waals surface area (Å²) in [6.07, 6.45) is 10.9. The molecule has 0 unspecified atom stereocenters. The van der Waals surface area contributed by atoms with Gasteiger partial charge in [0, 0.05) is 34.1 Å². The molecule has 0 spiro atoms. The van der Waals surface area contributed by atoms with Crippen molar-refractivity contribution in [2.24, 2.45) is 0 Å². The molecular weight excluding hydrogens is 929 g/mol. The Hall–Kier alpha value is -9.24. The van der Waals surface area contributed by atoms with Crippen molar-refractivity contribution in [3.05, 3.63) is 317 Å². The number of nitrogens with zero attached hydrogens (tertiary/aromatic N) is 2. The third-order valence-electron chi connectivity index (χ3n) is 16.4. The Morgan fingerprint density at radius 2 is 0.779 bits per heavy atom. The highest BCUT2D eigenvalue weighted by Gasteiger charge is 2.27. The van der Waals surface area contributed by atoms with E-state index >= 15 is 0 Å². The zero-order valence-electron chi connectivity index (χ0n) is 43.5. The van der Waals surface area contributed by atoms with Gasteiger partial charge in [-0.1, -0.05) is 206 Å². The fraction of sp³-hybridized carbons (Fsp3) is 0.0933. The van der Waals surface area contributed by atoms with Gasteiger partial charge in [0.25, 0.3) is 0 Å². The fourth-order valence-electron chi connectivity index (χ4n) is 12.5. The van der Waals surface area contributed by atoms with Crippen molar-refractivity contribution in [2.75, 3.05) is 9.80 Å². The Morgan fingerprint density at radius 1 is 0.338 bits per heavy atom. The highest BCUT2D eigenvalue weighted by Crippen LogP contribution is 2.47. The maximum Gasteiger partial charge on any atom is 0.0493 e. The molecule has 2 heteroatoms. The lowest BCUT2D eigenvalue weighted by Crippen LogP contribution is -2.19. The molecule has 0 N–H and O–H groups in total. The highest BCUT2D eigenvalue weighted by molar-refractivity contribution is 6.06. The zero-order valence-corrected chi connectivity index (χ0v) is 43.5. The lowest BCUT2D eigenvalue weighted by Gasteiger charge is -2.31. The number of allylic oxidation sites excluding steroid dienone is 4. The van der Waals surface area contributed by atoms with Gasteiger partial charge in [-0.25, -0.2) is 0 Å². The lowest BCUT2D eigenvalue weighted by atomic mass is 9.83. The number of para-hydroxylation sites is 3. The Balaban J connectivity index is 0.975. The van der Waals surface area contributed by atoms with Gasteiger partial charge in [0.1, 0.15) is 0 Å². The first-order chi connectivity index (χ1) is 38.1. The molecule has 0 radical (unpaired) electrons. The number of aryl methyl sites for hydroxylation is 4. The van der Waals surface area contributed by atoms with Crippen molar-refractivity contribution in [1.29, 1.82) is 0 Å². The fourth-order valence-corrected chi connectivity index (χ4v) is 12.5. The van der Waals surface area contributed by atoms with Gasteiger partial charge in [-0.15, -0.1) is 0 Å². The van der Waals surface area contributed by atoms with Crippen LogP contribution in [0.25, 0.3) is 54.9 Å². The minimum absolute atomic E-state index is 1.00. The minimum Gasteiger partial charge on any atom is -0.314 e. The Morgan fingerprint density at radius 3 is 1.32 bits per heavy atom. The highest BCUT2D eigenvalue weighted by atomic mass is 15.2. The van der Waals surface area contributed by atoms with Gasteiger partial charge >= 0.3 is 0 Å². The van der Waals surface area contributed by atoms with Gasteiger partial charge in [-0.3, -0.25) is 0 Å². The summed E-state index contributed by atoms with van der Waals surface area (Å²) in [5.74, 6) is 0. The molecule has 0 saturated carbocycles. The predicted octanol–water partition coefficient (Wildman–Crippen LogP) is 19.9. The first-order valence-corrected chi connectivity index (χ1v) is 27.5. The average molecular weight is 987 g/mol. The second-order valence-corrected chi connectivity index (χ2v) is 21.0. The van der Waals surface area contributed by atoms with Crippen molar-refractivity contribution in [1.82, 2.24) is 0 Å².